The molecule has 8 nitrogen and oxygen atoms in total. The second kappa shape index (κ2) is 10.8. The summed E-state index contributed by atoms with van der Waals surface area (Å²) in [5.41, 5.74) is -3.52. The number of hydrogen-bond donors (Lipinski definition) is 0. The molecule has 1 heterocycles. The molecule has 1 amide bonds. The van der Waals surface area contributed by atoms with Crippen molar-refractivity contribution in [3.05, 3.63) is 68.4 Å². The maximum atomic E-state index is 14.3. The van der Waals surface area contributed by atoms with E-state index in [1.54, 1.807) is 6.92 Å². The van der Waals surface area contributed by atoms with Crippen LogP contribution in [0.5, 0.6) is 0 Å². The summed E-state index contributed by atoms with van der Waals surface area (Å²) in [5, 5.41) is 11.9. The number of alkyl halides is 3. The summed E-state index contributed by atoms with van der Waals surface area (Å²) in [4.78, 5) is 31.0. The van der Waals surface area contributed by atoms with Crippen molar-refractivity contribution in [3.63, 3.8) is 0 Å². The number of nitriles is 1. The van der Waals surface area contributed by atoms with Gasteiger partial charge in [0.25, 0.3) is 11.5 Å². The molecule has 0 bridgehead atoms. The van der Waals surface area contributed by atoms with Gasteiger partial charge in [-0.1, -0.05) is 34.4 Å². The van der Waals surface area contributed by atoms with Crippen LogP contribution in [0.2, 0.25) is 10.0 Å². The molecular formula is C26H21Cl2F4N3O5. The largest absolute Gasteiger partial charge is 0.509 e. The Balaban J connectivity index is 1.60. The van der Waals surface area contributed by atoms with Gasteiger partial charge >= 0.3 is 12.3 Å². The number of methoxy groups -OCH3 is 1. The number of amides is 1. The predicted octanol–water partition coefficient (Wildman–Crippen LogP) is 6.51. The number of halogens is 6. The van der Waals surface area contributed by atoms with Crippen molar-refractivity contribution in [1.29, 1.82) is 5.26 Å². The standard InChI is InChI=1S/C26H21Cl2F4N3O5/c1-14-7-15(3-4-17(14)22(36)35(13-39-23(37)38-2)12-24(11-33)5-6-24)20-10-25(40-34-20,26(30,31)32)16-8-18(27)21(29)19(28)9-16/h3-4,7-9H,5-6,10,12-13H2,1-2H3/t25-/m0/s1. The minimum atomic E-state index is -4.98. The second-order valence-electron chi connectivity index (χ2n) is 9.54. The Bertz CT molecular complexity index is 1420. The van der Waals surface area contributed by atoms with Gasteiger partial charge in [-0.15, -0.1) is 0 Å². The van der Waals surface area contributed by atoms with Crippen molar-refractivity contribution < 1.29 is 41.5 Å². The lowest BCUT2D eigenvalue weighted by Crippen LogP contribution is -2.42. The molecular weight excluding hydrogens is 581 g/mol. The van der Waals surface area contributed by atoms with Gasteiger partial charge in [0.1, 0.15) is 0 Å². The number of carbonyl (C=O) groups excluding carboxylic acids is 2. The van der Waals surface area contributed by atoms with E-state index in [0.717, 1.165) is 19.2 Å². The second-order valence-corrected chi connectivity index (χ2v) is 10.4. The fraction of sp³-hybridized carbons (Fsp3) is 0.385. The first kappa shape index (κ1) is 29.4. The number of carbonyl (C=O) groups is 2. The highest BCUT2D eigenvalue weighted by Gasteiger charge is 2.62. The van der Waals surface area contributed by atoms with Crippen LogP contribution in [0.3, 0.4) is 0 Å². The van der Waals surface area contributed by atoms with E-state index in [0.29, 0.717) is 18.4 Å². The van der Waals surface area contributed by atoms with E-state index in [1.807, 2.05) is 0 Å². The van der Waals surface area contributed by atoms with Crippen molar-refractivity contribution in [1.82, 2.24) is 4.90 Å². The van der Waals surface area contributed by atoms with Crippen LogP contribution < -0.4 is 0 Å². The maximum absolute atomic E-state index is 14.3. The van der Waals surface area contributed by atoms with Crippen LogP contribution in [0.15, 0.2) is 35.5 Å². The zero-order valence-corrected chi connectivity index (χ0v) is 22.6. The third-order valence-electron chi connectivity index (χ3n) is 6.80. The van der Waals surface area contributed by atoms with Crippen molar-refractivity contribution in [2.75, 3.05) is 20.4 Å². The molecule has 1 atom stereocenters. The topological polar surface area (TPSA) is 101 Å². The molecule has 0 unspecified atom stereocenters. The minimum Gasteiger partial charge on any atom is -0.438 e. The van der Waals surface area contributed by atoms with Crippen molar-refractivity contribution in [3.8, 4) is 6.07 Å². The van der Waals surface area contributed by atoms with Gasteiger partial charge in [-0.2, -0.15) is 18.4 Å². The first-order valence-electron chi connectivity index (χ1n) is 11.7. The first-order chi connectivity index (χ1) is 18.8. The van der Waals surface area contributed by atoms with Gasteiger partial charge < -0.3 is 19.2 Å². The number of nitrogens with zero attached hydrogens (tertiary/aromatic N) is 3. The lowest BCUT2D eigenvalue weighted by atomic mass is 9.86. The number of benzene rings is 2. The molecule has 1 aliphatic heterocycles. The zero-order valence-electron chi connectivity index (χ0n) is 21.1. The monoisotopic (exact) mass is 601 g/mol. The Kier molecular flexibility index (Phi) is 7.93. The van der Waals surface area contributed by atoms with Crippen LogP contribution in [-0.4, -0.2) is 49.2 Å². The van der Waals surface area contributed by atoms with Crippen LogP contribution in [0.4, 0.5) is 22.4 Å². The molecule has 0 N–H and O–H groups in total. The van der Waals surface area contributed by atoms with E-state index >= 15 is 0 Å². The smallest absolute Gasteiger partial charge is 0.438 e. The van der Waals surface area contributed by atoms with E-state index in [9.17, 15) is 32.4 Å². The summed E-state index contributed by atoms with van der Waals surface area (Å²) in [7, 11) is 1.11. The van der Waals surface area contributed by atoms with Gasteiger partial charge in [0.15, 0.2) is 12.5 Å². The Labute approximate surface area is 236 Å². The number of rotatable bonds is 7. The van der Waals surface area contributed by atoms with Crippen LogP contribution in [0.1, 0.15) is 46.3 Å². The molecule has 212 valence electrons. The molecule has 1 aliphatic carbocycles. The predicted molar refractivity (Wildman–Crippen MR) is 134 cm³/mol. The van der Waals surface area contributed by atoms with Crippen LogP contribution >= 0.6 is 23.2 Å². The molecule has 0 spiro atoms. The minimum absolute atomic E-state index is 0.0119. The molecule has 0 saturated heterocycles. The fourth-order valence-corrected chi connectivity index (χ4v) is 4.77. The van der Waals surface area contributed by atoms with E-state index in [4.69, 9.17) is 32.8 Å². The molecule has 1 fully saturated rings. The summed E-state index contributed by atoms with van der Waals surface area (Å²) >= 11 is 11.5. The summed E-state index contributed by atoms with van der Waals surface area (Å²) < 4.78 is 66.2. The number of aryl methyl sites for hydroxylation is 1. The number of oxime groups is 1. The van der Waals surface area contributed by atoms with Crippen LogP contribution in [0.25, 0.3) is 0 Å². The molecule has 14 heteroatoms. The Morgan fingerprint density at radius 1 is 1.20 bits per heavy atom. The molecule has 0 radical (unpaired) electrons. The quantitative estimate of drug-likeness (QED) is 0.155. The van der Waals surface area contributed by atoms with Gasteiger partial charge in [0, 0.05) is 24.1 Å². The van der Waals surface area contributed by atoms with Gasteiger partial charge in [0.2, 0.25) is 0 Å². The normalized spacial score (nSPS) is 19.2. The van der Waals surface area contributed by atoms with E-state index in [1.165, 1.54) is 23.1 Å². The average molecular weight is 602 g/mol. The molecule has 2 aromatic rings. The molecule has 0 aromatic heterocycles. The number of ether oxygens (including phenoxy) is 2. The van der Waals surface area contributed by atoms with Crippen LogP contribution in [-0.2, 0) is 19.9 Å². The SMILES string of the molecule is COC(=O)OCN(CC1(C#N)CC1)C(=O)c1ccc(C2=NO[C@@](c3cc(Cl)c(F)c(Cl)c3)(C(F)(F)F)C2)cc1C. The van der Waals surface area contributed by atoms with Gasteiger partial charge in [-0.05, 0) is 55.2 Å². The molecule has 4 rings (SSSR count). The third-order valence-corrected chi connectivity index (χ3v) is 7.35. The molecule has 2 aromatic carbocycles. The third kappa shape index (κ3) is 5.53. The van der Waals surface area contributed by atoms with Crippen molar-refractivity contribution in [2.24, 2.45) is 10.6 Å². The van der Waals surface area contributed by atoms with Crippen molar-refractivity contribution >= 4 is 41.0 Å². The van der Waals surface area contributed by atoms with E-state index < -0.39 is 63.8 Å². The Morgan fingerprint density at radius 2 is 1.85 bits per heavy atom. The lowest BCUT2D eigenvalue weighted by molar-refractivity contribution is -0.275. The average Bonchev–Trinajstić information content (AvgIpc) is 3.53. The highest BCUT2D eigenvalue weighted by Crippen LogP contribution is 2.50. The lowest BCUT2D eigenvalue weighted by Gasteiger charge is -2.29. The fourth-order valence-electron chi connectivity index (χ4n) is 4.29. The van der Waals surface area contributed by atoms with E-state index in [-0.39, 0.29) is 23.4 Å². The van der Waals surface area contributed by atoms with Gasteiger partial charge in [-0.25, -0.2) is 9.18 Å². The zero-order chi connectivity index (χ0) is 29.5. The number of hydrogen-bond acceptors (Lipinski definition) is 7. The highest BCUT2D eigenvalue weighted by atomic mass is 35.5. The Morgan fingerprint density at radius 3 is 2.38 bits per heavy atom. The molecule has 1 saturated carbocycles. The Hall–Kier alpha value is -3.56. The first-order valence-corrected chi connectivity index (χ1v) is 12.5. The molecule has 2 aliphatic rings. The van der Waals surface area contributed by atoms with Crippen LogP contribution in [0, 0.1) is 29.5 Å². The highest BCUT2D eigenvalue weighted by molar-refractivity contribution is 6.35. The summed E-state index contributed by atoms with van der Waals surface area (Å²) in [6.45, 7) is 1.12. The summed E-state index contributed by atoms with van der Waals surface area (Å²) in [5.74, 6) is -1.62. The molecule has 40 heavy (non-hydrogen) atoms. The summed E-state index contributed by atoms with van der Waals surface area (Å²) in [6, 6.07) is 8.01. The van der Waals surface area contributed by atoms with Crippen molar-refractivity contribution in [2.45, 2.75) is 38.0 Å². The van der Waals surface area contributed by atoms with E-state index in [2.05, 4.69) is 16.0 Å². The summed E-state index contributed by atoms with van der Waals surface area (Å²) in [6.07, 6.45) is -5.61. The van der Waals surface area contributed by atoms with Gasteiger partial charge in [0.05, 0.1) is 34.4 Å². The maximum Gasteiger partial charge on any atom is 0.509 e. The van der Waals surface area contributed by atoms with Gasteiger partial charge in [-0.3, -0.25) is 4.79 Å².